The van der Waals surface area contributed by atoms with Gasteiger partial charge in [-0.2, -0.15) is 4.98 Å². The number of benzene rings is 1. The van der Waals surface area contributed by atoms with Crippen LogP contribution in [0.5, 0.6) is 0 Å². The maximum atomic E-state index is 16.0. The van der Waals surface area contributed by atoms with Crippen molar-refractivity contribution >= 4 is 22.9 Å². The van der Waals surface area contributed by atoms with Gasteiger partial charge in [0, 0.05) is 37.4 Å². The molecule has 1 atom stereocenters. The van der Waals surface area contributed by atoms with Gasteiger partial charge in [0.25, 0.3) is 0 Å². The molecule has 0 saturated carbocycles. The molecule has 1 amide bonds. The van der Waals surface area contributed by atoms with E-state index in [1.807, 2.05) is 32.6 Å². The van der Waals surface area contributed by atoms with Crippen LogP contribution in [0.4, 0.5) is 23.8 Å². The minimum atomic E-state index is -1.04. The number of hydrogen-bond acceptors (Lipinski definition) is 7. The number of carbonyl (C=O) groups is 1. The van der Waals surface area contributed by atoms with Gasteiger partial charge in [-0.05, 0) is 69.9 Å². The second-order valence-electron chi connectivity index (χ2n) is 12.6. The van der Waals surface area contributed by atoms with Gasteiger partial charge in [-0.3, -0.25) is 4.98 Å². The Bertz CT molecular complexity index is 1840. The lowest BCUT2D eigenvalue weighted by Gasteiger charge is -2.41. The minimum Gasteiger partial charge on any atom is -0.444 e. The Labute approximate surface area is 259 Å². The number of ether oxygens (including phenoxy) is 1. The van der Waals surface area contributed by atoms with Crippen molar-refractivity contribution in [3.8, 4) is 16.9 Å². The summed E-state index contributed by atoms with van der Waals surface area (Å²) in [5, 5.41) is 0.199. The summed E-state index contributed by atoms with van der Waals surface area (Å²) in [6.07, 6.45) is 1.18. The van der Waals surface area contributed by atoms with Gasteiger partial charge in [-0.25, -0.2) is 32.3 Å². The summed E-state index contributed by atoms with van der Waals surface area (Å²) in [7, 11) is 0. The first-order valence-electron chi connectivity index (χ1n) is 14.9. The first-order chi connectivity index (χ1) is 21.2. The molecule has 1 fully saturated rings. The Hall–Kier alpha value is -4.48. The van der Waals surface area contributed by atoms with Crippen LogP contribution in [0.1, 0.15) is 64.3 Å². The third kappa shape index (κ3) is 6.10. The number of anilines is 1. The molecule has 0 bridgehead atoms. The van der Waals surface area contributed by atoms with Gasteiger partial charge >= 0.3 is 11.8 Å². The molecule has 0 spiro atoms. The second-order valence-corrected chi connectivity index (χ2v) is 12.6. The number of aromatic nitrogens is 4. The lowest BCUT2D eigenvalue weighted by molar-refractivity contribution is 0.0218. The smallest absolute Gasteiger partial charge is 0.410 e. The molecule has 0 unspecified atom stereocenters. The molecule has 1 aromatic carbocycles. The zero-order valence-corrected chi connectivity index (χ0v) is 26.5. The third-order valence-corrected chi connectivity index (χ3v) is 7.76. The summed E-state index contributed by atoms with van der Waals surface area (Å²) in [6, 6.07) is 6.39. The number of amides is 1. The predicted molar refractivity (Wildman–Crippen MR) is 167 cm³/mol. The zero-order chi connectivity index (χ0) is 32.8. The molecule has 12 heteroatoms. The van der Waals surface area contributed by atoms with E-state index in [-0.39, 0.29) is 59.6 Å². The highest BCUT2D eigenvalue weighted by Crippen LogP contribution is 2.35. The van der Waals surface area contributed by atoms with E-state index < -0.39 is 41.4 Å². The van der Waals surface area contributed by atoms with Gasteiger partial charge in [0.15, 0.2) is 5.65 Å². The molecule has 0 radical (unpaired) electrons. The van der Waals surface area contributed by atoms with E-state index in [0.29, 0.717) is 16.9 Å². The number of rotatable bonds is 5. The van der Waals surface area contributed by atoms with E-state index in [9.17, 15) is 14.0 Å². The monoisotopic (exact) mass is 622 g/mol. The quantitative estimate of drug-likeness (QED) is 0.252. The topological polar surface area (TPSA) is 93.5 Å². The Morgan fingerprint density at radius 2 is 1.84 bits per heavy atom. The molecule has 238 valence electrons. The number of fused-ring (bicyclic) bond motifs is 1. The average Bonchev–Trinajstić information content (AvgIpc) is 2.96. The van der Waals surface area contributed by atoms with E-state index in [0.717, 1.165) is 12.1 Å². The maximum Gasteiger partial charge on any atom is 0.410 e. The van der Waals surface area contributed by atoms with Gasteiger partial charge in [-0.15, -0.1) is 0 Å². The third-order valence-electron chi connectivity index (χ3n) is 7.76. The number of nitrogens with zero attached hydrogens (tertiary/aromatic N) is 6. The summed E-state index contributed by atoms with van der Waals surface area (Å²) in [5.41, 5.74) is -0.415. The Balaban J connectivity index is 1.75. The molecule has 1 saturated heterocycles. The van der Waals surface area contributed by atoms with Crippen LogP contribution >= 0.6 is 0 Å². The van der Waals surface area contributed by atoms with E-state index in [2.05, 4.69) is 15.0 Å². The second kappa shape index (κ2) is 12.1. The van der Waals surface area contributed by atoms with Crippen LogP contribution in [0, 0.1) is 18.6 Å². The van der Waals surface area contributed by atoms with Crippen LogP contribution in [0.2, 0.25) is 0 Å². The van der Waals surface area contributed by atoms with Crippen LogP contribution < -0.4 is 10.6 Å². The molecule has 1 aliphatic heterocycles. The van der Waals surface area contributed by atoms with Crippen molar-refractivity contribution in [3.05, 3.63) is 75.5 Å². The molecule has 0 aliphatic carbocycles. The summed E-state index contributed by atoms with van der Waals surface area (Å²) < 4.78 is 52.0. The summed E-state index contributed by atoms with van der Waals surface area (Å²) >= 11 is 0. The summed E-state index contributed by atoms with van der Waals surface area (Å²) in [5.74, 6) is -1.67. The molecule has 5 rings (SSSR count). The molecule has 3 aromatic heterocycles. The number of halogens is 3. The Morgan fingerprint density at radius 3 is 2.49 bits per heavy atom. The highest BCUT2D eigenvalue weighted by atomic mass is 19.1. The van der Waals surface area contributed by atoms with Crippen LogP contribution in [0.15, 0.2) is 41.3 Å². The van der Waals surface area contributed by atoms with Crippen LogP contribution in [0.3, 0.4) is 0 Å². The van der Waals surface area contributed by atoms with E-state index in [4.69, 9.17) is 4.74 Å². The van der Waals surface area contributed by atoms with Crippen molar-refractivity contribution in [3.63, 3.8) is 0 Å². The minimum absolute atomic E-state index is 0.0224. The number of piperazine rings is 1. The zero-order valence-electron chi connectivity index (χ0n) is 26.5. The van der Waals surface area contributed by atoms with Crippen LogP contribution in [-0.2, 0) is 11.4 Å². The summed E-state index contributed by atoms with van der Waals surface area (Å²) in [4.78, 5) is 43.7. The van der Waals surface area contributed by atoms with Crippen molar-refractivity contribution < 1.29 is 22.7 Å². The normalized spacial score (nSPS) is 15.7. The van der Waals surface area contributed by atoms with Crippen molar-refractivity contribution in [1.82, 2.24) is 24.4 Å². The molecule has 4 aromatic rings. The molecule has 1 aliphatic rings. The first-order valence-corrected chi connectivity index (χ1v) is 14.9. The standard InChI is InChI=1S/C33H37F3N6O3/c1-18(2)26-28(19(3)11-12-37-26)42-30-22(15-24(36)27(38-30)25-21(16-34)9-8-10-23(25)35)29(39-31(42)43)41-14-13-40(17-20(41)4)32(44)45-33(5,6)7/h8-12,15,18,20H,13-14,16-17H2,1-7H3/t20-/m0/s1. The molecule has 4 heterocycles. The van der Waals surface area contributed by atoms with E-state index >= 15 is 8.78 Å². The first kappa shape index (κ1) is 31.9. The largest absolute Gasteiger partial charge is 0.444 e. The fourth-order valence-electron chi connectivity index (χ4n) is 5.70. The maximum absolute atomic E-state index is 16.0. The lowest BCUT2D eigenvalue weighted by Crippen LogP contribution is -2.55. The van der Waals surface area contributed by atoms with Gasteiger partial charge in [0.05, 0.1) is 16.8 Å². The van der Waals surface area contributed by atoms with Gasteiger partial charge in [0.2, 0.25) is 0 Å². The Kier molecular flexibility index (Phi) is 8.61. The molecular formula is C33H37F3N6O3. The highest BCUT2D eigenvalue weighted by Gasteiger charge is 2.33. The van der Waals surface area contributed by atoms with Crippen molar-refractivity contribution in [2.24, 2.45) is 0 Å². The molecule has 9 nitrogen and oxygen atoms in total. The SMILES string of the molecule is Cc1ccnc(C(C)C)c1-n1c(=O)nc(N2CCN(C(=O)OC(C)(C)C)C[C@@H]2C)c2cc(F)c(-c3c(F)cccc3CF)nc21. The number of pyridine rings is 2. The van der Waals surface area contributed by atoms with Gasteiger partial charge in [0.1, 0.15) is 35.4 Å². The summed E-state index contributed by atoms with van der Waals surface area (Å²) in [6.45, 7) is 12.7. The van der Waals surface area contributed by atoms with E-state index in [1.165, 1.54) is 16.7 Å². The molecule has 0 N–H and O–H groups in total. The van der Waals surface area contributed by atoms with Crippen molar-refractivity contribution in [1.29, 1.82) is 0 Å². The number of carbonyl (C=O) groups excluding carboxylic acids is 1. The fraction of sp³-hybridized carbons (Fsp3) is 0.424. The van der Waals surface area contributed by atoms with Crippen LogP contribution in [-0.4, -0.2) is 61.8 Å². The molecular weight excluding hydrogens is 585 g/mol. The van der Waals surface area contributed by atoms with Gasteiger partial charge in [-0.1, -0.05) is 26.0 Å². The number of alkyl halides is 1. The van der Waals surface area contributed by atoms with E-state index in [1.54, 1.807) is 37.9 Å². The number of aryl methyl sites for hydroxylation is 1. The fourth-order valence-corrected chi connectivity index (χ4v) is 5.70. The highest BCUT2D eigenvalue weighted by molar-refractivity contribution is 5.91. The van der Waals surface area contributed by atoms with Gasteiger partial charge < -0.3 is 14.5 Å². The van der Waals surface area contributed by atoms with Crippen molar-refractivity contribution in [2.75, 3.05) is 24.5 Å². The van der Waals surface area contributed by atoms with Crippen molar-refractivity contribution in [2.45, 2.75) is 72.7 Å². The lowest BCUT2D eigenvalue weighted by atomic mass is 10.0. The predicted octanol–water partition coefficient (Wildman–Crippen LogP) is 6.47. The number of hydrogen-bond donors (Lipinski definition) is 0. The van der Waals surface area contributed by atoms with Crippen LogP contribution in [0.25, 0.3) is 28.0 Å². The average molecular weight is 623 g/mol. The molecule has 45 heavy (non-hydrogen) atoms. The Morgan fingerprint density at radius 1 is 1.11 bits per heavy atom.